The predicted octanol–water partition coefficient (Wildman–Crippen LogP) is 3.52. The third-order valence-corrected chi connectivity index (χ3v) is 6.58. The van der Waals surface area contributed by atoms with Crippen molar-refractivity contribution in [3.8, 4) is 0 Å². The van der Waals surface area contributed by atoms with Crippen molar-refractivity contribution in [3.05, 3.63) is 65.7 Å². The van der Waals surface area contributed by atoms with Gasteiger partial charge >= 0.3 is 0 Å². The lowest BCUT2D eigenvalue weighted by Gasteiger charge is -2.31. The van der Waals surface area contributed by atoms with Gasteiger partial charge in [-0.25, -0.2) is 8.42 Å². The maximum Gasteiger partial charge on any atom is 0.244 e. The minimum atomic E-state index is -3.73. The van der Waals surface area contributed by atoms with Crippen LogP contribution in [-0.4, -0.2) is 50.5 Å². The quantitative estimate of drug-likeness (QED) is 0.541. The van der Waals surface area contributed by atoms with E-state index >= 15 is 0 Å². The van der Waals surface area contributed by atoms with E-state index in [1.165, 1.54) is 4.90 Å². The standard InChI is InChI=1S/C25H35N3O4S/c1-6-16-26-25(30)20(4)27(17-21-10-8-7-9-11-21)24(29)18-28(33(5,31)32)23-14-12-22(13-15-23)19(2)3/h7-15,19-20H,6,16-18H2,1-5H3,(H,26,30)/t20-/m0/s1. The average Bonchev–Trinajstić information content (AvgIpc) is 2.78. The van der Waals surface area contributed by atoms with Crippen molar-refractivity contribution in [2.75, 3.05) is 23.7 Å². The minimum Gasteiger partial charge on any atom is -0.354 e. The number of sulfonamides is 1. The normalized spacial score (nSPS) is 12.3. The lowest BCUT2D eigenvalue weighted by Crippen LogP contribution is -2.51. The molecule has 8 heteroatoms. The Kier molecular flexibility index (Phi) is 9.46. The van der Waals surface area contributed by atoms with Crippen LogP contribution in [0.3, 0.4) is 0 Å². The van der Waals surface area contributed by atoms with Gasteiger partial charge in [0.2, 0.25) is 21.8 Å². The molecule has 0 heterocycles. The van der Waals surface area contributed by atoms with Crippen LogP contribution in [0.1, 0.15) is 51.2 Å². The number of rotatable bonds is 11. The van der Waals surface area contributed by atoms with Gasteiger partial charge in [0, 0.05) is 13.1 Å². The van der Waals surface area contributed by atoms with Crippen LogP contribution in [0.2, 0.25) is 0 Å². The van der Waals surface area contributed by atoms with E-state index in [9.17, 15) is 18.0 Å². The van der Waals surface area contributed by atoms with Crippen LogP contribution >= 0.6 is 0 Å². The van der Waals surface area contributed by atoms with Crippen molar-refractivity contribution in [1.29, 1.82) is 0 Å². The molecule has 0 bridgehead atoms. The molecule has 2 amide bonds. The maximum absolute atomic E-state index is 13.4. The van der Waals surface area contributed by atoms with Gasteiger partial charge in [0.05, 0.1) is 11.9 Å². The van der Waals surface area contributed by atoms with Crippen LogP contribution in [0.25, 0.3) is 0 Å². The predicted molar refractivity (Wildman–Crippen MR) is 132 cm³/mol. The molecule has 1 N–H and O–H groups in total. The Morgan fingerprint density at radius 2 is 1.58 bits per heavy atom. The summed E-state index contributed by atoms with van der Waals surface area (Å²) >= 11 is 0. The number of hydrogen-bond donors (Lipinski definition) is 1. The fourth-order valence-corrected chi connectivity index (χ4v) is 4.25. The first-order chi connectivity index (χ1) is 15.5. The Balaban J connectivity index is 2.34. The van der Waals surface area contributed by atoms with E-state index in [2.05, 4.69) is 19.2 Å². The highest BCUT2D eigenvalue weighted by Crippen LogP contribution is 2.22. The Labute approximate surface area is 197 Å². The molecule has 180 valence electrons. The highest BCUT2D eigenvalue weighted by atomic mass is 32.2. The van der Waals surface area contributed by atoms with Gasteiger partial charge in [-0.2, -0.15) is 0 Å². The second-order valence-corrected chi connectivity index (χ2v) is 10.4. The third kappa shape index (κ3) is 7.60. The van der Waals surface area contributed by atoms with Crippen LogP contribution in [0.5, 0.6) is 0 Å². The van der Waals surface area contributed by atoms with Crippen LogP contribution in [-0.2, 0) is 26.2 Å². The van der Waals surface area contributed by atoms with Crippen molar-refractivity contribution in [1.82, 2.24) is 10.2 Å². The molecule has 7 nitrogen and oxygen atoms in total. The second-order valence-electron chi connectivity index (χ2n) is 8.49. The van der Waals surface area contributed by atoms with E-state index in [1.807, 2.05) is 49.4 Å². The van der Waals surface area contributed by atoms with E-state index in [-0.39, 0.29) is 12.5 Å². The Morgan fingerprint density at radius 1 is 0.970 bits per heavy atom. The second kappa shape index (κ2) is 11.8. The van der Waals surface area contributed by atoms with Gasteiger partial charge in [0.25, 0.3) is 0 Å². The summed E-state index contributed by atoms with van der Waals surface area (Å²) in [5.41, 5.74) is 2.34. The summed E-state index contributed by atoms with van der Waals surface area (Å²) in [4.78, 5) is 27.5. The number of hydrogen-bond acceptors (Lipinski definition) is 4. The first-order valence-electron chi connectivity index (χ1n) is 11.2. The molecule has 0 aliphatic carbocycles. The number of nitrogens with one attached hydrogen (secondary N) is 1. The molecule has 2 aromatic rings. The SMILES string of the molecule is CCCNC(=O)[C@H](C)N(Cc1ccccc1)C(=O)CN(c1ccc(C(C)C)cc1)S(C)(=O)=O. The molecule has 0 unspecified atom stereocenters. The fourth-order valence-electron chi connectivity index (χ4n) is 3.40. The minimum absolute atomic E-state index is 0.199. The largest absolute Gasteiger partial charge is 0.354 e. The molecule has 2 aromatic carbocycles. The Bertz CT molecular complexity index is 1020. The smallest absolute Gasteiger partial charge is 0.244 e. The Hall–Kier alpha value is -2.87. The molecule has 0 radical (unpaired) electrons. The number of carbonyl (C=O) groups excluding carboxylic acids is 2. The van der Waals surface area contributed by atoms with Gasteiger partial charge < -0.3 is 10.2 Å². The van der Waals surface area contributed by atoms with Gasteiger partial charge in [-0.15, -0.1) is 0 Å². The molecule has 0 saturated heterocycles. The number of carbonyl (C=O) groups is 2. The lowest BCUT2D eigenvalue weighted by molar-refractivity contribution is -0.139. The van der Waals surface area contributed by atoms with Gasteiger partial charge in [-0.1, -0.05) is 63.2 Å². The zero-order valence-electron chi connectivity index (χ0n) is 20.1. The van der Waals surface area contributed by atoms with Crippen molar-refractivity contribution in [2.24, 2.45) is 0 Å². The zero-order valence-corrected chi connectivity index (χ0v) is 20.9. The number of benzene rings is 2. The highest BCUT2D eigenvalue weighted by Gasteiger charge is 2.29. The number of amides is 2. The fraction of sp³-hybridized carbons (Fsp3) is 0.440. The highest BCUT2D eigenvalue weighted by molar-refractivity contribution is 7.92. The lowest BCUT2D eigenvalue weighted by atomic mass is 10.0. The Morgan fingerprint density at radius 3 is 2.09 bits per heavy atom. The van der Waals surface area contributed by atoms with E-state index in [4.69, 9.17) is 0 Å². The molecule has 2 rings (SSSR count). The van der Waals surface area contributed by atoms with Crippen molar-refractivity contribution >= 4 is 27.5 Å². The molecular formula is C25H35N3O4S. The molecular weight excluding hydrogens is 438 g/mol. The molecule has 0 aliphatic heterocycles. The number of nitrogens with zero attached hydrogens (tertiary/aromatic N) is 2. The molecule has 0 aliphatic rings. The van der Waals surface area contributed by atoms with Crippen molar-refractivity contribution in [3.63, 3.8) is 0 Å². The zero-order chi connectivity index (χ0) is 24.6. The number of anilines is 1. The summed E-state index contributed by atoms with van der Waals surface area (Å²) in [7, 11) is -3.73. The topological polar surface area (TPSA) is 86.8 Å². The summed E-state index contributed by atoms with van der Waals surface area (Å²) in [6, 6.07) is 15.7. The molecule has 0 saturated carbocycles. The molecule has 1 atom stereocenters. The maximum atomic E-state index is 13.4. The van der Waals surface area contributed by atoms with E-state index in [0.717, 1.165) is 28.1 Å². The van der Waals surface area contributed by atoms with Crippen LogP contribution in [0.15, 0.2) is 54.6 Å². The first-order valence-corrected chi connectivity index (χ1v) is 13.1. The van der Waals surface area contributed by atoms with Gasteiger partial charge in [0.1, 0.15) is 12.6 Å². The van der Waals surface area contributed by atoms with Crippen LogP contribution in [0.4, 0.5) is 5.69 Å². The van der Waals surface area contributed by atoms with Crippen LogP contribution < -0.4 is 9.62 Å². The third-order valence-electron chi connectivity index (χ3n) is 5.44. The van der Waals surface area contributed by atoms with Crippen LogP contribution in [0, 0.1) is 0 Å². The summed E-state index contributed by atoms with van der Waals surface area (Å²) in [5.74, 6) is -0.416. The summed E-state index contributed by atoms with van der Waals surface area (Å²) in [6.07, 6.45) is 1.86. The van der Waals surface area contributed by atoms with Gasteiger partial charge in [0.15, 0.2) is 0 Å². The monoisotopic (exact) mass is 473 g/mol. The summed E-state index contributed by atoms with van der Waals surface area (Å²) in [6.45, 7) is 8.04. The first kappa shape index (κ1) is 26.4. The van der Waals surface area contributed by atoms with E-state index in [1.54, 1.807) is 19.1 Å². The van der Waals surface area contributed by atoms with Gasteiger partial charge in [-0.05, 0) is 42.5 Å². The van der Waals surface area contributed by atoms with Crippen molar-refractivity contribution in [2.45, 2.75) is 52.6 Å². The summed E-state index contributed by atoms with van der Waals surface area (Å²) < 4.78 is 26.3. The van der Waals surface area contributed by atoms with E-state index in [0.29, 0.717) is 18.2 Å². The average molecular weight is 474 g/mol. The van der Waals surface area contributed by atoms with Gasteiger partial charge in [-0.3, -0.25) is 13.9 Å². The molecule has 0 spiro atoms. The molecule has 33 heavy (non-hydrogen) atoms. The summed E-state index contributed by atoms with van der Waals surface area (Å²) in [5, 5.41) is 2.82. The molecule has 0 aromatic heterocycles. The van der Waals surface area contributed by atoms with Crippen molar-refractivity contribution < 1.29 is 18.0 Å². The van der Waals surface area contributed by atoms with E-state index < -0.39 is 28.5 Å². The molecule has 0 fully saturated rings.